The van der Waals surface area contributed by atoms with Crippen LogP contribution in [-0.2, 0) is 6.42 Å². The predicted octanol–water partition coefficient (Wildman–Crippen LogP) is 7.25. The van der Waals surface area contributed by atoms with E-state index in [9.17, 15) is 5.11 Å². The van der Waals surface area contributed by atoms with Crippen molar-refractivity contribution >= 4 is 11.4 Å². The Balaban J connectivity index is 1.53. The second-order valence-electron chi connectivity index (χ2n) is 7.64. The Hall–Kier alpha value is -1.80. The van der Waals surface area contributed by atoms with E-state index in [0.717, 1.165) is 37.1 Å². The van der Waals surface area contributed by atoms with E-state index in [2.05, 4.69) is 48.6 Å². The molecule has 2 aromatic rings. The van der Waals surface area contributed by atoms with Gasteiger partial charge in [0.15, 0.2) is 0 Å². The normalized spacial score (nSPS) is 12.1. The molecule has 2 nitrogen and oxygen atoms in total. The summed E-state index contributed by atoms with van der Waals surface area (Å²) in [6.07, 6.45) is 12.9. The summed E-state index contributed by atoms with van der Waals surface area (Å²) in [5.41, 5.74) is 3.67. The van der Waals surface area contributed by atoms with Gasteiger partial charge in [0.1, 0.15) is 0 Å². The van der Waals surface area contributed by atoms with Crippen molar-refractivity contribution in [2.75, 3.05) is 5.32 Å². The van der Waals surface area contributed by atoms with Crippen LogP contribution >= 0.6 is 0 Å². The summed E-state index contributed by atoms with van der Waals surface area (Å²) in [5.74, 6) is 0. The van der Waals surface area contributed by atoms with Crippen LogP contribution in [-0.4, -0.2) is 11.2 Å². The highest BCUT2D eigenvalue weighted by Gasteiger charge is 2.03. The molecule has 0 amide bonds. The van der Waals surface area contributed by atoms with Gasteiger partial charge in [-0.3, -0.25) is 0 Å². The molecule has 2 aromatic carbocycles. The van der Waals surface area contributed by atoms with Gasteiger partial charge in [0.2, 0.25) is 0 Å². The summed E-state index contributed by atoms with van der Waals surface area (Å²) in [5, 5.41) is 13.4. The van der Waals surface area contributed by atoms with Crippen LogP contribution in [0.25, 0.3) is 0 Å². The topological polar surface area (TPSA) is 32.3 Å². The average Bonchev–Trinajstić information content (AvgIpc) is 2.70. The van der Waals surface area contributed by atoms with Crippen molar-refractivity contribution in [2.45, 2.75) is 83.7 Å². The van der Waals surface area contributed by atoms with Gasteiger partial charge in [-0.25, -0.2) is 0 Å². The number of anilines is 2. The molecular formula is C25H37NO. The third-order valence-electron chi connectivity index (χ3n) is 5.16. The zero-order valence-corrected chi connectivity index (χ0v) is 17.0. The van der Waals surface area contributed by atoms with Gasteiger partial charge in [-0.15, -0.1) is 0 Å². The monoisotopic (exact) mass is 367 g/mol. The largest absolute Gasteiger partial charge is 0.393 e. The van der Waals surface area contributed by atoms with Gasteiger partial charge in [0, 0.05) is 11.4 Å². The summed E-state index contributed by atoms with van der Waals surface area (Å²) in [6, 6.07) is 19.1. The third kappa shape index (κ3) is 9.63. The highest BCUT2D eigenvalue weighted by molar-refractivity contribution is 5.59. The molecule has 0 aliphatic carbocycles. The van der Waals surface area contributed by atoms with Crippen LogP contribution in [0, 0.1) is 0 Å². The molecule has 0 heterocycles. The highest BCUT2D eigenvalue weighted by Crippen LogP contribution is 2.18. The van der Waals surface area contributed by atoms with Gasteiger partial charge >= 0.3 is 0 Å². The quantitative estimate of drug-likeness (QED) is 0.344. The van der Waals surface area contributed by atoms with E-state index < -0.39 is 0 Å². The van der Waals surface area contributed by atoms with Crippen molar-refractivity contribution in [1.29, 1.82) is 0 Å². The van der Waals surface area contributed by atoms with Crippen molar-refractivity contribution in [3.63, 3.8) is 0 Å². The van der Waals surface area contributed by atoms with Gasteiger partial charge < -0.3 is 10.4 Å². The zero-order valence-electron chi connectivity index (χ0n) is 17.0. The smallest absolute Gasteiger partial charge is 0.0540 e. The van der Waals surface area contributed by atoms with Crippen LogP contribution in [0.2, 0.25) is 0 Å². The molecule has 0 fully saturated rings. The maximum atomic E-state index is 10.0. The molecular weight excluding hydrogens is 330 g/mol. The number of unbranched alkanes of at least 4 members (excludes halogenated alkanes) is 6. The van der Waals surface area contributed by atoms with Crippen molar-refractivity contribution < 1.29 is 5.11 Å². The Kier molecular flexibility index (Phi) is 10.7. The molecule has 2 N–H and O–H groups in total. The lowest BCUT2D eigenvalue weighted by Crippen LogP contribution is -2.05. The second kappa shape index (κ2) is 13.4. The maximum Gasteiger partial charge on any atom is 0.0540 e. The SMILES string of the molecule is CCCCCCC(O)CCCCCCc1ccc(Nc2ccccc2)cc1. The Morgan fingerprint density at radius 3 is 1.96 bits per heavy atom. The number of aliphatic hydroxyl groups is 1. The number of benzene rings is 2. The molecule has 0 aromatic heterocycles. The van der Waals surface area contributed by atoms with Crippen LogP contribution < -0.4 is 5.32 Å². The number of nitrogens with one attached hydrogen (secondary N) is 1. The van der Waals surface area contributed by atoms with E-state index in [0.29, 0.717) is 0 Å². The molecule has 0 radical (unpaired) electrons. The molecule has 2 rings (SSSR count). The number of hydrogen-bond donors (Lipinski definition) is 2. The van der Waals surface area contributed by atoms with E-state index in [4.69, 9.17) is 0 Å². The minimum Gasteiger partial charge on any atom is -0.393 e. The van der Waals surface area contributed by atoms with Crippen LogP contribution in [0.4, 0.5) is 11.4 Å². The van der Waals surface area contributed by atoms with E-state index in [1.807, 2.05) is 18.2 Å². The van der Waals surface area contributed by atoms with Gasteiger partial charge in [-0.05, 0) is 55.5 Å². The number of aryl methyl sites for hydroxylation is 1. The van der Waals surface area contributed by atoms with Crippen LogP contribution in [0.1, 0.15) is 76.7 Å². The highest BCUT2D eigenvalue weighted by atomic mass is 16.3. The van der Waals surface area contributed by atoms with Gasteiger partial charge in [0.25, 0.3) is 0 Å². The Morgan fingerprint density at radius 1 is 0.704 bits per heavy atom. The van der Waals surface area contributed by atoms with Crippen molar-refractivity contribution in [3.8, 4) is 0 Å². The number of aliphatic hydroxyl groups excluding tert-OH is 1. The van der Waals surface area contributed by atoms with Crippen LogP contribution in [0.3, 0.4) is 0 Å². The summed E-state index contributed by atoms with van der Waals surface area (Å²) < 4.78 is 0. The lowest BCUT2D eigenvalue weighted by Gasteiger charge is -2.10. The molecule has 148 valence electrons. The van der Waals surface area contributed by atoms with E-state index in [1.165, 1.54) is 50.5 Å². The van der Waals surface area contributed by atoms with Gasteiger partial charge in [0.05, 0.1) is 6.10 Å². The zero-order chi connectivity index (χ0) is 19.2. The third-order valence-corrected chi connectivity index (χ3v) is 5.16. The first kappa shape index (κ1) is 21.5. The first-order chi connectivity index (χ1) is 13.3. The molecule has 0 saturated heterocycles. The van der Waals surface area contributed by atoms with Gasteiger partial charge in [-0.1, -0.05) is 82.2 Å². The average molecular weight is 368 g/mol. The van der Waals surface area contributed by atoms with Crippen molar-refractivity contribution in [3.05, 3.63) is 60.2 Å². The fourth-order valence-electron chi connectivity index (χ4n) is 3.46. The molecule has 0 spiro atoms. The summed E-state index contributed by atoms with van der Waals surface area (Å²) in [4.78, 5) is 0. The van der Waals surface area contributed by atoms with Gasteiger partial charge in [-0.2, -0.15) is 0 Å². The lowest BCUT2D eigenvalue weighted by molar-refractivity contribution is 0.147. The molecule has 2 heteroatoms. The Morgan fingerprint density at radius 2 is 1.30 bits per heavy atom. The molecule has 1 unspecified atom stereocenters. The fraction of sp³-hybridized carbons (Fsp3) is 0.520. The second-order valence-corrected chi connectivity index (χ2v) is 7.64. The molecule has 0 aliphatic heterocycles. The first-order valence-corrected chi connectivity index (χ1v) is 10.9. The minimum absolute atomic E-state index is 0.0773. The molecule has 0 aliphatic rings. The lowest BCUT2D eigenvalue weighted by atomic mass is 10.0. The predicted molar refractivity (Wildman–Crippen MR) is 118 cm³/mol. The minimum atomic E-state index is -0.0773. The molecule has 1 atom stereocenters. The van der Waals surface area contributed by atoms with E-state index >= 15 is 0 Å². The Bertz CT molecular complexity index is 593. The molecule has 0 saturated carbocycles. The fourth-order valence-corrected chi connectivity index (χ4v) is 3.46. The van der Waals surface area contributed by atoms with E-state index in [1.54, 1.807) is 0 Å². The Labute approximate surface area is 166 Å². The van der Waals surface area contributed by atoms with Crippen molar-refractivity contribution in [1.82, 2.24) is 0 Å². The number of rotatable bonds is 14. The molecule has 27 heavy (non-hydrogen) atoms. The maximum absolute atomic E-state index is 10.0. The van der Waals surface area contributed by atoms with Crippen LogP contribution in [0.5, 0.6) is 0 Å². The number of para-hydroxylation sites is 1. The van der Waals surface area contributed by atoms with Crippen LogP contribution in [0.15, 0.2) is 54.6 Å². The summed E-state index contributed by atoms with van der Waals surface area (Å²) >= 11 is 0. The summed E-state index contributed by atoms with van der Waals surface area (Å²) in [6.45, 7) is 2.23. The summed E-state index contributed by atoms with van der Waals surface area (Å²) in [7, 11) is 0. The number of hydrogen-bond acceptors (Lipinski definition) is 2. The van der Waals surface area contributed by atoms with E-state index in [-0.39, 0.29) is 6.10 Å². The standard InChI is InChI=1S/C25H37NO/c1-2-3-4-11-16-25(27)17-12-6-5-8-13-22-18-20-24(21-19-22)26-23-14-9-7-10-15-23/h7,9-10,14-15,18-21,25-27H,2-6,8,11-13,16-17H2,1H3. The first-order valence-electron chi connectivity index (χ1n) is 10.9. The molecule has 0 bridgehead atoms. The van der Waals surface area contributed by atoms with Crippen molar-refractivity contribution in [2.24, 2.45) is 0 Å².